The van der Waals surface area contributed by atoms with Gasteiger partial charge in [0.05, 0.1) is 37.8 Å². The van der Waals surface area contributed by atoms with E-state index in [0.717, 1.165) is 48.3 Å². The highest BCUT2D eigenvalue weighted by molar-refractivity contribution is 5.83. The molecule has 0 saturated carbocycles. The monoisotopic (exact) mass is 435 g/mol. The number of methoxy groups -OCH3 is 1. The van der Waals surface area contributed by atoms with E-state index in [1.807, 2.05) is 28.8 Å². The minimum atomic E-state index is 0.510. The molecule has 0 radical (unpaired) electrons. The summed E-state index contributed by atoms with van der Waals surface area (Å²) in [6.07, 6.45) is 18.2. The number of rotatable bonds is 13. The molecule has 1 aliphatic carbocycles. The van der Waals surface area contributed by atoms with Crippen molar-refractivity contribution in [2.24, 2.45) is 0 Å². The molecule has 0 aromatic carbocycles. The Morgan fingerprint density at radius 1 is 1.25 bits per heavy atom. The quantitative estimate of drug-likeness (QED) is 0.239. The van der Waals surface area contributed by atoms with E-state index in [1.54, 1.807) is 7.11 Å². The van der Waals surface area contributed by atoms with Crippen molar-refractivity contribution in [3.05, 3.63) is 72.6 Å². The molecule has 1 aliphatic rings. The van der Waals surface area contributed by atoms with E-state index in [0.29, 0.717) is 32.3 Å². The second-order valence-corrected chi connectivity index (χ2v) is 7.41. The van der Waals surface area contributed by atoms with Gasteiger partial charge in [-0.3, -0.25) is 0 Å². The van der Waals surface area contributed by atoms with Crippen LogP contribution in [0.5, 0.6) is 5.88 Å². The molecule has 2 aromatic rings. The molecular weight excluding hydrogens is 402 g/mol. The number of nitrogens with zero attached hydrogens (tertiary/aromatic N) is 3. The molecule has 0 atom stereocenters. The molecule has 3 rings (SSSR count). The van der Waals surface area contributed by atoms with E-state index in [2.05, 4.69) is 43.9 Å². The van der Waals surface area contributed by atoms with Gasteiger partial charge in [0, 0.05) is 13.2 Å². The molecular formula is C26H33N3O3. The van der Waals surface area contributed by atoms with Crippen molar-refractivity contribution in [1.29, 1.82) is 0 Å². The zero-order valence-corrected chi connectivity index (χ0v) is 19.1. The van der Waals surface area contributed by atoms with Crippen LogP contribution >= 0.6 is 0 Å². The standard InChI is InChI=1S/C26H33N3O3/c1-4-6-11-21(14-10-18-31-20-19-30-3)25-26(22-12-8-7-9-13-22)29-23(27-25)15-16-24(28-29)32-17-5-2/h4,7-8,10-12,14-16H,1,5-6,9,13,17-20H2,2-3H3/b14-10-,21-11+. The first-order valence-corrected chi connectivity index (χ1v) is 11.2. The minimum Gasteiger partial charge on any atom is -0.477 e. The molecule has 6 nitrogen and oxygen atoms in total. The van der Waals surface area contributed by atoms with E-state index in [1.165, 1.54) is 5.57 Å². The number of ether oxygens (including phenoxy) is 3. The lowest BCUT2D eigenvalue weighted by Crippen LogP contribution is -2.04. The molecule has 0 aliphatic heterocycles. The zero-order chi connectivity index (χ0) is 22.6. The fourth-order valence-electron chi connectivity index (χ4n) is 3.41. The van der Waals surface area contributed by atoms with Crippen LogP contribution in [-0.2, 0) is 9.47 Å². The van der Waals surface area contributed by atoms with Crippen LogP contribution in [0.1, 0.15) is 44.0 Å². The van der Waals surface area contributed by atoms with Gasteiger partial charge in [-0.05, 0) is 42.9 Å². The smallest absolute Gasteiger partial charge is 0.231 e. The summed E-state index contributed by atoms with van der Waals surface area (Å²) in [4.78, 5) is 4.96. The Morgan fingerprint density at radius 2 is 2.16 bits per heavy atom. The van der Waals surface area contributed by atoms with Gasteiger partial charge in [0.15, 0.2) is 5.65 Å². The fraction of sp³-hybridized carbons (Fsp3) is 0.385. The first kappa shape index (κ1) is 23.7. The Morgan fingerprint density at radius 3 is 2.91 bits per heavy atom. The van der Waals surface area contributed by atoms with Gasteiger partial charge >= 0.3 is 0 Å². The van der Waals surface area contributed by atoms with Gasteiger partial charge in [-0.2, -0.15) is 0 Å². The molecule has 0 unspecified atom stereocenters. The molecule has 170 valence electrons. The van der Waals surface area contributed by atoms with Gasteiger partial charge in [0.2, 0.25) is 5.88 Å². The van der Waals surface area contributed by atoms with Crippen LogP contribution in [0.3, 0.4) is 0 Å². The molecule has 0 saturated heterocycles. The van der Waals surface area contributed by atoms with Crippen molar-refractivity contribution in [3.63, 3.8) is 0 Å². The van der Waals surface area contributed by atoms with Crippen LogP contribution in [-0.4, -0.2) is 48.1 Å². The summed E-state index contributed by atoms with van der Waals surface area (Å²) >= 11 is 0. The second-order valence-electron chi connectivity index (χ2n) is 7.41. The summed E-state index contributed by atoms with van der Waals surface area (Å²) in [5.74, 6) is 0.607. The average molecular weight is 436 g/mol. The molecule has 0 bridgehead atoms. The first-order chi connectivity index (χ1) is 15.8. The lowest BCUT2D eigenvalue weighted by Gasteiger charge is -2.12. The van der Waals surface area contributed by atoms with Crippen molar-refractivity contribution >= 4 is 16.8 Å². The number of fused-ring (bicyclic) bond motifs is 1. The highest BCUT2D eigenvalue weighted by Gasteiger charge is 2.20. The van der Waals surface area contributed by atoms with Gasteiger partial charge in [-0.25, -0.2) is 9.50 Å². The summed E-state index contributed by atoms with van der Waals surface area (Å²) < 4.78 is 18.3. The molecule has 0 spiro atoms. The summed E-state index contributed by atoms with van der Waals surface area (Å²) in [6.45, 7) is 8.25. The maximum atomic E-state index is 5.79. The van der Waals surface area contributed by atoms with E-state index in [4.69, 9.17) is 24.3 Å². The van der Waals surface area contributed by atoms with Crippen LogP contribution < -0.4 is 4.74 Å². The molecule has 2 heterocycles. The predicted molar refractivity (Wildman–Crippen MR) is 130 cm³/mol. The van der Waals surface area contributed by atoms with Crippen LogP contribution in [0, 0.1) is 0 Å². The third kappa shape index (κ3) is 6.28. The number of imidazole rings is 1. The number of allylic oxidation sites excluding steroid dienone is 8. The molecule has 0 fully saturated rings. The highest BCUT2D eigenvalue weighted by Crippen LogP contribution is 2.32. The fourth-order valence-corrected chi connectivity index (χ4v) is 3.41. The van der Waals surface area contributed by atoms with Crippen molar-refractivity contribution in [2.75, 3.05) is 33.5 Å². The first-order valence-electron chi connectivity index (χ1n) is 11.2. The normalized spacial score (nSPS) is 14.3. The van der Waals surface area contributed by atoms with Crippen LogP contribution in [0.15, 0.2) is 61.2 Å². The third-order valence-electron chi connectivity index (χ3n) is 4.95. The Bertz CT molecular complexity index is 1010. The summed E-state index contributed by atoms with van der Waals surface area (Å²) in [6, 6.07) is 3.85. The molecule has 2 aromatic heterocycles. The van der Waals surface area contributed by atoms with Crippen molar-refractivity contribution in [2.45, 2.75) is 32.6 Å². The van der Waals surface area contributed by atoms with Crippen molar-refractivity contribution in [1.82, 2.24) is 14.6 Å². The van der Waals surface area contributed by atoms with Gasteiger partial charge in [0.25, 0.3) is 0 Å². The van der Waals surface area contributed by atoms with Gasteiger partial charge in [-0.1, -0.05) is 49.5 Å². The highest BCUT2D eigenvalue weighted by atomic mass is 16.5. The summed E-state index contributed by atoms with van der Waals surface area (Å²) in [5.41, 5.74) is 4.94. The van der Waals surface area contributed by atoms with E-state index in [-0.39, 0.29) is 0 Å². The Hall–Kier alpha value is -2.96. The lowest BCUT2D eigenvalue weighted by atomic mass is 9.97. The molecule has 0 amide bonds. The Kier molecular flexibility index (Phi) is 9.47. The maximum absolute atomic E-state index is 5.79. The summed E-state index contributed by atoms with van der Waals surface area (Å²) in [5, 5.41) is 4.76. The average Bonchev–Trinajstić information content (AvgIpc) is 3.21. The predicted octanol–water partition coefficient (Wildman–Crippen LogP) is 5.43. The van der Waals surface area contributed by atoms with Crippen LogP contribution in [0.25, 0.3) is 16.8 Å². The van der Waals surface area contributed by atoms with Crippen LogP contribution in [0.2, 0.25) is 0 Å². The Labute approximate surface area is 190 Å². The minimum absolute atomic E-state index is 0.510. The van der Waals surface area contributed by atoms with Crippen LogP contribution in [0.4, 0.5) is 0 Å². The van der Waals surface area contributed by atoms with Crippen molar-refractivity contribution in [3.8, 4) is 5.88 Å². The van der Waals surface area contributed by atoms with Gasteiger partial charge < -0.3 is 14.2 Å². The molecule has 6 heteroatoms. The number of hydrogen-bond donors (Lipinski definition) is 0. The second kappa shape index (κ2) is 12.8. The topological polar surface area (TPSA) is 57.9 Å². The van der Waals surface area contributed by atoms with Gasteiger partial charge in [0.1, 0.15) is 0 Å². The molecule has 0 N–H and O–H groups in total. The molecule has 32 heavy (non-hydrogen) atoms. The maximum Gasteiger partial charge on any atom is 0.231 e. The van der Waals surface area contributed by atoms with E-state index < -0.39 is 0 Å². The van der Waals surface area contributed by atoms with Gasteiger partial charge in [-0.15, -0.1) is 11.7 Å². The SMILES string of the molecule is C=CC/C=C(\C=C/COCCOC)c1nc2ccc(OCCC)nn2c1C1=CC=CCC1. The largest absolute Gasteiger partial charge is 0.477 e. The lowest BCUT2D eigenvalue weighted by molar-refractivity contribution is 0.0853. The third-order valence-corrected chi connectivity index (χ3v) is 4.95. The van der Waals surface area contributed by atoms with E-state index >= 15 is 0 Å². The number of hydrogen-bond acceptors (Lipinski definition) is 5. The number of aromatic nitrogens is 3. The van der Waals surface area contributed by atoms with Crippen molar-refractivity contribution < 1.29 is 14.2 Å². The Balaban J connectivity index is 2.02. The van der Waals surface area contributed by atoms with E-state index in [9.17, 15) is 0 Å². The summed E-state index contributed by atoms with van der Waals surface area (Å²) in [7, 11) is 1.67. The zero-order valence-electron chi connectivity index (χ0n) is 19.1.